The van der Waals surface area contributed by atoms with Crippen LogP contribution >= 0.6 is 28.5 Å². The van der Waals surface area contributed by atoms with Crippen molar-refractivity contribution < 1.29 is 4.57 Å². The molecule has 0 bridgehead atoms. The molecule has 0 amide bonds. The van der Waals surface area contributed by atoms with Crippen molar-refractivity contribution >= 4 is 28.5 Å². The first-order valence-electron chi connectivity index (χ1n) is 1.43. The third-order valence-corrected chi connectivity index (χ3v) is 2.53. The van der Waals surface area contributed by atoms with Crippen LogP contribution in [-0.2, 0) is 4.57 Å². The Labute approximate surface area is 51.3 Å². The molecule has 0 aromatic heterocycles. The molecule has 0 aliphatic rings. The standard InChI is InChI=1S/CH5Cl2N2OP/c1-5(4)7(2,3)6/h4H2,1H3. The molecule has 0 saturated heterocycles. The summed E-state index contributed by atoms with van der Waals surface area (Å²) in [4.78, 5) is 0. The highest BCUT2D eigenvalue weighted by atomic mass is 35.9. The van der Waals surface area contributed by atoms with E-state index in [2.05, 4.69) is 0 Å². The van der Waals surface area contributed by atoms with Gasteiger partial charge in [-0.15, -0.1) is 0 Å². The Balaban J connectivity index is 3.80. The lowest BCUT2D eigenvalue weighted by Gasteiger charge is -2.07. The van der Waals surface area contributed by atoms with Gasteiger partial charge in [0, 0.05) is 7.05 Å². The summed E-state index contributed by atoms with van der Waals surface area (Å²) in [5, 5.41) is 0. The van der Waals surface area contributed by atoms with E-state index in [0.717, 1.165) is 4.78 Å². The maximum atomic E-state index is 10.2. The second kappa shape index (κ2) is 2.33. The predicted molar refractivity (Wildman–Crippen MR) is 31.3 cm³/mol. The van der Waals surface area contributed by atoms with Crippen LogP contribution in [0.1, 0.15) is 0 Å². The summed E-state index contributed by atoms with van der Waals surface area (Å²) >= 11 is 9.98. The molecule has 3 nitrogen and oxygen atoms in total. The molecule has 0 unspecified atom stereocenters. The van der Waals surface area contributed by atoms with Crippen molar-refractivity contribution in [3.05, 3.63) is 0 Å². The first-order valence-corrected chi connectivity index (χ1v) is 4.90. The van der Waals surface area contributed by atoms with Gasteiger partial charge < -0.3 is 0 Å². The van der Waals surface area contributed by atoms with E-state index in [-0.39, 0.29) is 0 Å². The Morgan fingerprint density at radius 1 is 1.71 bits per heavy atom. The molecule has 0 fully saturated rings. The van der Waals surface area contributed by atoms with Crippen LogP contribution in [0.25, 0.3) is 0 Å². The highest BCUT2D eigenvalue weighted by Gasteiger charge is 2.16. The molecule has 0 aromatic rings. The van der Waals surface area contributed by atoms with Crippen LogP contribution in [0.4, 0.5) is 0 Å². The molecule has 0 saturated carbocycles. The third kappa shape index (κ3) is 3.32. The van der Waals surface area contributed by atoms with Gasteiger partial charge in [0.2, 0.25) is 0 Å². The van der Waals surface area contributed by atoms with Gasteiger partial charge >= 0.3 is 6.00 Å². The van der Waals surface area contributed by atoms with Crippen LogP contribution in [0.15, 0.2) is 0 Å². The van der Waals surface area contributed by atoms with Crippen molar-refractivity contribution in [2.24, 2.45) is 5.84 Å². The van der Waals surface area contributed by atoms with Gasteiger partial charge in [0.15, 0.2) is 0 Å². The zero-order valence-electron chi connectivity index (χ0n) is 3.64. The van der Waals surface area contributed by atoms with Gasteiger partial charge in [0.25, 0.3) is 0 Å². The average Bonchev–Trinajstić information content (AvgIpc) is 1.31. The highest BCUT2D eigenvalue weighted by Crippen LogP contribution is 2.56. The van der Waals surface area contributed by atoms with E-state index in [1.165, 1.54) is 7.05 Å². The number of nitrogens with zero attached hydrogens (tertiary/aromatic N) is 1. The van der Waals surface area contributed by atoms with E-state index in [4.69, 9.17) is 28.3 Å². The van der Waals surface area contributed by atoms with Crippen LogP contribution in [0.5, 0.6) is 0 Å². The Hall–Kier alpha value is 0.730. The molecule has 0 rings (SSSR count). The summed E-state index contributed by atoms with van der Waals surface area (Å²) < 4.78 is 11.0. The van der Waals surface area contributed by atoms with Gasteiger partial charge in [-0.1, -0.05) is 0 Å². The van der Waals surface area contributed by atoms with E-state index in [9.17, 15) is 4.57 Å². The largest absolute Gasteiger partial charge is 0.334 e. The van der Waals surface area contributed by atoms with Gasteiger partial charge in [-0.25, -0.2) is 0 Å². The fraction of sp³-hybridized carbons (Fsp3) is 1.00. The number of hydrogen-bond acceptors (Lipinski definition) is 2. The normalized spacial score (nSPS) is 12.7. The number of halogens is 2. The Morgan fingerprint density at radius 2 is 1.86 bits per heavy atom. The lowest BCUT2D eigenvalue weighted by molar-refractivity contribution is 0.510. The summed E-state index contributed by atoms with van der Waals surface area (Å²) in [5.41, 5.74) is 0. The van der Waals surface area contributed by atoms with Gasteiger partial charge in [-0.3, -0.25) is 10.4 Å². The molecule has 2 N–H and O–H groups in total. The van der Waals surface area contributed by atoms with E-state index in [1.807, 2.05) is 0 Å². The zero-order valence-corrected chi connectivity index (χ0v) is 6.04. The number of rotatable bonds is 1. The predicted octanol–water partition coefficient (Wildman–Crippen LogP) is 1.38. The minimum atomic E-state index is -3.18. The lowest BCUT2D eigenvalue weighted by atomic mass is 11.5. The van der Waals surface area contributed by atoms with E-state index >= 15 is 0 Å². The molecule has 0 heterocycles. The van der Waals surface area contributed by atoms with Crippen LogP contribution < -0.4 is 5.84 Å². The van der Waals surface area contributed by atoms with Crippen molar-refractivity contribution in [2.45, 2.75) is 0 Å². The molecule has 0 radical (unpaired) electrons. The van der Waals surface area contributed by atoms with Crippen molar-refractivity contribution in [3.63, 3.8) is 0 Å². The molecular formula is CH5Cl2N2OP. The molecule has 7 heavy (non-hydrogen) atoms. The van der Waals surface area contributed by atoms with Gasteiger partial charge in [0.05, 0.1) is 0 Å². The molecule has 0 aliphatic carbocycles. The van der Waals surface area contributed by atoms with Gasteiger partial charge in [-0.2, -0.15) is 4.78 Å². The van der Waals surface area contributed by atoms with Crippen molar-refractivity contribution in [3.8, 4) is 0 Å². The van der Waals surface area contributed by atoms with Gasteiger partial charge in [0.1, 0.15) is 0 Å². The van der Waals surface area contributed by atoms with E-state index in [1.54, 1.807) is 0 Å². The number of hydrazine groups is 1. The maximum Gasteiger partial charge on any atom is 0.334 e. The Morgan fingerprint density at radius 3 is 1.86 bits per heavy atom. The highest BCUT2D eigenvalue weighted by molar-refractivity contribution is 8.06. The van der Waals surface area contributed by atoms with Crippen LogP contribution in [0.2, 0.25) is 0 Å². The van der Waals surface area contributed by atoms with Crippen molar-refractivity contribution in [1.82, 2.24) is 4.78 Å². The number of hydrogen-bond donors (Lipinski definition) is 1. The quantitative estimate of drug-likeness (QED) is 0.360. The molecule has 0 aromatic carbocycles. The second-order valence-corrected chi connectivity index (χ2v) is 5.78. The fourth-order valence-electron chi connectivity index (χ4n) is 0. The van der Waals surface area contributed by atoms with Gasteiger partial charge in [-0.05, 0) is 22.5 Å². The summed E-state index contributed by atoms with van der Waals surface area (Å²) in [6, 6.07) is 0. The van der Waals surface area contributed by atoms with Crippen LogP contribution in [0, 0.1) is 0 Å². The average molecular weight is 163 g/mol. The minimum Gasteiger partial charge on any atom is -0.270 e. The summed E-state index contributed by atoms with van der Waals surface area (Å²) in [5.74, 6) is 1.69. The summed E-state index contributed by atoms with van der Waals surface area (Å²) in [6.45, 7) is 0. The van der Waals surface area contributed by atoms with Crippen molar-refractivity contribution in [2.75, 3.05) is 7.05 Å². The second-order valence-electron chi connectivity index (χ2n) is 1.01. The Bertz CT molecular complexity index is 97.9. The molecule has 0 spiro atoms. The van der Waals surface area contributed by atoms with Crippen molar-refractivity contribution in [1.29, 1.82) is 0 Å². The monoisotopic (exact) mass is 162 g/mol. The van der Waals surface area contributed by atoms with Crippen LogP contribution in [0.3, 0.4) is 0 Å². The smallest absolute Gasteiger partial charge is 0.270 e. The molecule has 6 heteroatoms. The molecule has 0 aliphatic heterocycles. The molecular weight excluding hydrogens is 158 g/mol. The SMILES string of the molecule is CN(N)P(=O)(Cl)Cl. The summed E-state index contributed by atoms with van der Waals surface area (Å²) in [7, 11) is 1.33. The van der Waals surface area contributed by atoms with E-state index < -0.39 is 6.00 Å². The lowest BCUT2D eigenvalue weighted by Crippen LogP contribution is -2.17. The fourth-order valence-corrected chi connectivity index (χ4v) is 0. The first-order chi connectivity index (χ1) is 2.94. The topological polar surface area (TPSA) is 46.3 Å². The third-order valence-electron chi connectivity index (χ3n) is 0.367. The molecule has 44 valence electrons. The zero-order chi connectivity index (χ0) is 6.08. The molecule has 0 atom stereocenters. The van der Waals surface area contributed by atoms with E-state index in [0.29, 0.717) is 0 Å². The summed E-state index contributed by atoms with van der Waals surface area (Å²) in [6.07, 6.45) is 0. The number of nitrogens with two attached hydrogens (primary N) is 1. The van der Waals surface area contributed by atoms with Crippen LogP contribution in [-0.4, -0.2) is 11.8 Å². The maximum absolute atomic E-state index is 10.2. The Kier molecular flexibility index (Phi) is 2.58. The first kappa shape index (κ1) is 7.73. The minimum absolute atomic E-state index is 0.774.